The van der Waals surface area contributed by atoms with Gasteiger partial charge in [-0.25, -0.2) is 4.74 Å². The van der Waals surface area contributed by atoms with Gasteiger partial charge in [0.15, 0.2) is 18.9 Å². The molecule has 1 rings (SSSR count). The highest BCUT2D eigenvalue weighted by Crippen LogP contribution is 2.14. The molecule has 4 heteroatoms. The zero-order chi connectivity index (χ0) is 9.35. The van der Waals surface area contributed by atoms with E-state index in [0.717, 1.165) is 0 Å². The third-order valence-corrected chi connectivity index (χ3v) is 1.55. The molecule has 0 fully saturated rings. The minimum absolute atomic E-state index is 0.112. The molecular formula is C8H15NO3. The Bertz CT molecular complexity index is 195. The van der Waals surface area contributed by atoms with Crippen LogP contribution in [-0.4, -0.2) is 40.4 Å². The fourth-order valence-electron chi connectivity index (χ4n) is 1.13. The maximum Gasteiger partial charge on any atom is 0.183 e. The lowest BCUT2D eigenvalue weighted by Crippen LogP contribution is -2.35. The topological polar surface area (TPSA) is 55.5 Å². The first-order valence-electron chi connectivity index (χ1n) is 4.03. The summed E-state index contributed by atoms with van der Waals surface area (Å²) in [5, 5.41) is 20.1. The summed E-state index contributed by atoms with van der Waals surface area (Å²) in [5.74, 6) is 0. The molecule has 1 N–H and O–H groups in total. The molecule has 0 spiro atoms. The third-order valence-electron chi connectivity index (χ3n) is 1.55. The normalized spacial score (nSPS) is 30.5. The Hall–Kier alpha value is -0.610. The zero-order valence-corrected chi connectivity index (χ0v) is 7.65. The van der Waals surface area contributed by atoms with Crippen molar-refractivity contribution in [1.29, 1.82) is 0 Å². The number of nitrogens with zero attached hydrogens (tertiary/aromatic N) is 1. The van der Waals surface area contributed by atoms with Gasteiger partial charge in [0.05, 0.1) is 5.60 Å². The van der Waals surface area contributed by atoms with Crippen LogP contribution in [0.1, 0.15) is 20.8 Å². The van der Waals surface area contributed by atoms with Gasteiger partial charge in [0.2, 0.25) is 0 Å². The number of ether oxygens (including phenoxy) is 1. The van der Waals surface area contributed by atoms with E-state index in [0.29, 0.717) is 4.74 Å². The van der Waals surface area contributed by atoms with Crippen LogP contribution in [0, 0.1) is 5.21 Å². The maximum absolute atomic E-state index is 10.8. The van der Waals surface area contributed by atoms with E-state index in [-0.39, 0.29) is 12.1 Å². The Balaban J connectivity index is 2.53. The Labute approximate surface area is 72.0 Å². The SMILES string of the molecule is CC(C)(C)O[C@@H]1C=[N+]([O-])C[C@H]1O. The molecule has 0 amide bonds. The van der Waals surface area contributed by atoms with E-state index in [1.54, 1.807) is 0 Å². The average Bonchev–Trinajstić information content (AvgIpc) is 2.06. The molecule has 70 valence electrons. The zero-order valence-electron chi connectivity index (χ0n) is 7.65. The molecule has 0 radical (unpaired) electrons. The first-order valence-corrected chi connectivity index (χ1v) is 4.03. The fourth-order valence-corrected chi connectivity index (χ4v) is 1.13. The highest BCUT2D eigenvalue weighted by atomic mass is 16.5. The van der Waals surface area contributed by atoms with Crippen LogP contribution < -0.4 is 0 Å². The van der Waals surface area contributed by atoms with Crippen LogP contribution in [-0.2, 0) is 4.74 Å². The number of aliphatic hydroxyl groups excluding tert-OH is 1. The van der Waals surface area contributed by atoms with Crippen molar-refractivity contribution in [3.05, 3.63) is 5.21 Å². The van der Waals surface area contributed by atoms with Gasteiger partial charge in [0.25, 0.3) is 0 Å². The predicted octanol–water partition coefficient (Wildman–Crippen LogP) is 0.126. The van der Waals surface area contributed by atoms with Gasteiger partial charge in [0.1, 0.15) is 6.10 Å². The van der Waals surface area contributed by atoms with E-state index in [1.165, 1.54) is 6.21 Å². The second kappa shape index (κ2) is 3.03. The monoisotopic (exact) mass is 173 g/mol. The van der Waals surface area contributed by atoms with Crippen LogP contribution in [0.25, 0.3) is 0 Å². The predicted molar refractivity (Wildman–Crippen MR) is 45.2 cm³/mol. The second-order valence-electron chi connectivity index (χ2n) is 4.01. The molecule has 0 aromatic rings. The van der Waals surface area contributed by atoms with Gasteiger partial charge >= 0.3 is 0 Å². The molecule has 4 nitrogen and oxygen atoms in total. The number of hydrogen-bond donors (Lipinski definition) is 1. The lowest BCUT2D eigenvalue weighted by molar-refractivity contribution is -0.452. The van der Waals surface area contributed by atoms with Crippen LogP contribution in [0.4, 0.5) is 0 Å². The fraction of sp³-hybridized carbons (Fsp3) is 0.875. The summed E-state index contributed by atoms with van der Waals surface area (Å²) in [6.07, 6.45) is 0.222. The van der Waals surface area contributed by atoms with Gasteiger partial charge in [-0.2, -0.15) is 0 Å². The Kier molecular flexibility index (Phi) is 2.39. The van der Waals surface area contributed by atoms with E-state index in [2.05, 4.69) is 0 Å². The van der Waals surface area contributed by atoms with Crippen LogP contribution in [0.5, 0.6) is 0 Å². The summed E-state index contributed by atoms with van der Waals surface area (Å²) < 4.78 is 6.14. The molecule has 0 aromatic heterocycles. The van der Waals surface area contributed by atoms with E-state index in [1.807, 2.05) is 20.8 Å². The molecule has 0 bridgehead atoms. The molecule has 1 aliphatic heterocycles. The summed E-state index contributed by atoms with van der Waals surface area (Å²) in [6.45, 7) is 5.78. The molecule has 1 aliphatic rings. The van der Waals surface area contributed by atoms with Crippen LogP contribution in [0.15, 0.2) is 0 Å². The summed E-state index contributed by atoms with van der Waals surface area (Å²) in [4.78, 5) is 0. The first kappa shape index (κ1) is 9.48. The molecule has 0 aromatic carbocycles. The molecule has 0 saturated heterocycles. The lowest BCUT2D eigenvalue weighted by Gasteiger charge is -2.23. The number of hydroxylamine groups is 1. The number of hydrogen-bond acceptors (Lipinski definition) is 3. The third kappa shape index (κ3) is 2.46. The number of rotatable bonds is 1. The maximum atomic E-state index is 10.8. The number of β-amino-alcohol motifs (C(OH)–C–C–N with tert-alkyl or cyclic N) is 1. The van der Waals surface area contributed by atoms with E-state index < -0.39 is 12.2 Å². The molecule has 2 atom stereocenters. The van der Waals surface area contributed by atoms with Crippen molar-refractivity contribution in [2.75, 3.05) is 6.54 Å². The van der Waals surface area contributed by atoms with E-state index in [9.17, 15) is 10.3 Å². The summed E-state index contributed by atoms with van der Waals surface area (Å²) >= 11 is 0. The van der Waals surface area contributed by atoms with Gasteiger partial charge in [-0.05, 0) is 20.8 Å². The van der Waals surface area contributed by atoms with E-state index in [4.69, 9.17) is 4.74 Å². The van der Waals surface area contributed by atoms with Crippen molar-refractivity contribution in [2.45, 2.75) is 38.6 Å². The van der Waals surface area contributed by atoms with Gasteiger partial charge in [-0.1, -0.05) is 0 Å². The highest BCUT2D eigenvalue weighted by Gasteiger charge is 2.33. The summed E-state index contributed by atoms with van der Waals surface area (Å²) in [5.41, 5.74) is -0.326. The van der Waals surface area contributed by atoms with Gasteiger partial charge in [-0.3, -0.25) is 0 Å². The molecule has 1 heterocycles. The minimum atomic E-state index is -0.693. The first-order chi connectivity index (χ1) is 5.38. The van der Waals surface area contributed by atoms with Gasteiger partial charge in [0, 0.05) is 0 Å². The molecule has 0 unspecified atom stereocenters. The second-order valence-corrected chi connectivity index (χ2v) is 4.01. The highest BCUT2D eigenvalue weighted by molar-refractivity contribution is 5.60. The summed E-state index contributed by atoms with van der Waals surface area (Å²) in [6, 6.07) is 0. The van der Waals surface area contributed by atoms with Gasteiger partial charge in [-0.15, -0.1) is 0 Å². The standard InChI is InChI=1S/C8H15NO3/c1-8(2,3)12-7-5-9(11)4-6(7)10/h5-7,10H,4H2,1-3H3/t6-,7-/m1/s1. The molecular weight excluding hydrogens is 158 g/mol. The van der Waals surface area contributed by atoms with Crippen molar-refractivity contribution in [3.63, 3.8) is 0 Å². The average molecular weight is 173 g/mol. The molecule has 12 heavy (non-hydrogen) atoms. The Morgan fingerprint density at radius 2 is 2.17 bits per heavy atom. The van der Waals surface area contributed by atoms with Gasteiger partial charge < -0.3 is 15.1 Å². The van der Waals surface area contributed by atoms with Crippen molar-refractivity contribution in [1.82, 2.24) is 0 Å². The smallest absolute Gasteiger partial charge is 0.183 e. The lowest BCUT2D eigenvalue weighted by atomic mass is 10.1. The largest absolute Gasteiger partial charge is 0.624 e. The molecule has 0 saturated carbocycles. The van der Waals surface area contributed by atoms with E-state index >= 15 is 0 Å². The van der Waals surface area contributed by atoms with Crippen molar-refractivity contribution < 1.29 is 14.6 Å². The minimum Gasteiger partial charge on any atom is -0.624 e. The summed E-state index contributed by atoms with van der Waals surface area (Å²) in [7, 11) is 0. The van der Waals surface area contributed by atoms with Crippen molar-refractivity contribution in [2.24, 2.45) is 0 Å². The Morgan fingerprint density at radius 1 is 1.58 bits per heavy atom. The van der Waals surface area contributed by atoms with Crippen molar-refractivity contribution >= 4 is 6.21 Å². The molecule has 0 aliphatic carbocycles. The quantitative estimate of drug-likeness (QED) is 0.453. The van der Waals surface area contributed by atoms with Crippen molar-refractivity contribution in [3.8, 4) is 0 Å². The Morgan fingerprint density at radius 3 is 2.50 bits per heavy atom. The van der Waals surface area contributed by atoms with Crippen LogP contribution >= 0.6 is 0 Å². The van der Waals surface area contributed by atoms with Crippen LogP contribution in [0.3, 0.4) is 0 Å². The number of aliphatic hydroxyl groups is 1. The van der Waals surface area contributed by atoms with Crippen LogP contribution in [0.2, 0.25) is 0 Å².